The lowest BCUT2D eigenvalue weighted by Gasteiger charge is -1.99. The average Bonchev–Trinajstić information content (AvgIpc) is 2.60. The maximum Gasteiger partial charge on any atom is 0.303 e. The van der Waals surface area contributed by atoms with E-state index in [4.69, 9.17) is 5.11 Å². The van der Waals surface area contributed by atoms with E-state index in [1.165, 1.54) is 0 Å². The quantitative estimate of drug-likeness (QED) is 0.306. The van der Waals surface area contributed by atoms with Crippen molar-refractivity contribution < 1.29 is 15.0 Å². The van der Waals surface area contributed by atoms with Gasteiger partial charge in [0.1, 0.15) is 0 Å². The van der Waals surface area contributed by atoms with E-state index >= 15 is 0 Å². The predicted octanol–water partition coefficient (Wildman–Crippen LogP) is 5.77. The second-order valence-electron chi connectivity index (χ2n) is 6.16. The minimum atomic E-state index is -0.802. The second-order valence-corrected chi connectivity index (χ2v) is 6.16. The lowest BCUT2D eigenvalue weighted by atomic mass is 10.1. The Hall–Kier alpha value is -2.13. The van der Waals surface area contributed by atoms with Gasteiger partial charge in [0.15, 0.2) is 0 Å². The summed E-state index contributed by atoms with van der Waals surface area (Å²) in [5.41, 5.74) is 0. The molecule has 0 aromatic heterocycles. The van der Waals surface area contributed by atoms with Crippen molar-refractivity contribution >= 4 is 5.97 Å². The zero-order valence-electron chi connectivity index (χ0n) is 16.1. The highest BCUT2D eigenvalue weighted by molar-refractivity contribution is 5.66. The van der Waals surface area contributed by atoms with Crippen LogP contribution in [0.15, 0.2) is 72.9 Å². The molecule has 0 aliphatic rings. The number of carboxylic acids is 1. The van der Waals surface area contributed by atoms with Gasteiger partial charge in [-0.1, -0.05) is 86.8 Å². The Balaban J connectivity index is 3.85. The Morgan fingerprint density at radius 1 is 0.885 bits per heavy atom. The predicted molar refractivity (Wildman–Crippen MR) is 111 cm³/mol. The fraction of sp³-hybridized carbons (Fsp3) is 0.435. The number of carbonyl (C=O) groups is 1. The number of carboxylic acid groups (broad SMARTS) is 1. The van der Waals surface area contributed by atoms with Gasteiger partial charge in [-0.3, -0.25) is 4.79 Å². The normalized spacial score (nSPS) is 15.5. The number of aliphatic hydroxyl groups excluding tert-OH is 1. The Morgan fingerprint density at radius 2 is 1.54 bits per heavy atom. The SMILES string of the molecule is CCC=CCC(C)C=CC=CCC=CC=C[C@H](O)CC=CCCC(=O)O. The van der Waals surface area contributed by atoms with E-state index in [2.05, 4.69) is 50.3 Å². The summed E-state index contributed by atoms with van der Waals surface area (Å²) in [6.07, 6.45) is 27.6. The molecule has 0 aromatic carbocycles. The summed E-state index contributed by atoms with van der Waals surface area (Å²) in [5, 5.41) is 18.3. The van der Waals surface area contributed by atoms with Crippen molar-refractivity contribution in [1.29, 1.82) is 0 Å². The van der Waals surface area contributed by atoms with Gasteiger partial charge in [-0.2, -0.15) is 0 Å². The van der Waals surface area contributed by atoms with Crippen LogP contribution in [0, 0.1) is 5.92 Å². The third-order valence-electron chi connectivity index (χ3n) is 3.52. The molecule has 3 heteroatoms. The first-order chi connectivity index (χ1) is 12.6. The van der Waals surface area contributed by atoms with Crippen LogP contribution in [0.25, 0.3) is 0 Å². The highest BCUT2D eigenvalue weighted by Gasteiger charge is 1.95. The molecule has 1 unspecified atom stereocenters. The monoisotopic (exact) mass is 358 g/mol. The average molecular weight is 359 g/mol. The summed E-state index contributed by atoms with van der Waals surface area (Å²) in [7, 11) is 0. The topological polar surface area (TPSA) is 57.5 Å². The van der Waals surface area contributed by atoms with E-state index in [9.17, 15) is 9.90 Å². The number of hydrogen-bond acceptors (Lipinski definition) is 2. The standard InChI is InChI=1S/C23H34O3/c1-3-4-11-16-21(2)17-12-8-6-5-7-9-13-18-22(24)19-14-10-15-20-23(25)26/h4,6-14,17-18,21-22,24H,3,5,15-16,19-20H2,1-2H3,(H,25,26)/t21?,22-/m0/s1. The summed E-state index contributed by atoms with van der Waals surface area (Å²) < 4.78 is 0. The molecule has 0 radical (unpaired) electrons. The molecule has 3 nitrogen and oxygen atoms in total. The molecule has 0 aliphatic heterocycles. The smallest absolute Gasteiger partial charge is 0.303 e. The van der Waals surface area contributed by atoms with Gasteiger partial charge in [0.25, 0.3) is 0 Å². The molecule has 0 aliphatic carbocycles. The Morgan fingerprint density at radius 3 is 2.19 bits per heavy atom. The van der Waals surface area contributed by atoms with Crippen molar-refractivity contribution in [2.75, 3.05) is 0 Å². The van der Waals surface area contributed by atoms with Crippen molar-refractivity contribution in [3.8, 4) is 0 Å². The van der Waals surface area contributed by atoms with Gasteiger partial charge >= 0.3 is 5.97 Å². The van der Waals surface area contributed by atoms with Gasteiger partial charge in [0.05, 0.1) is 6.10 Å². The highest BCUT2D eigenvalue weighted by Crippen LogP contribution is 2.05. The molecule has 2 atom stereocenters. The van der Waals surface area contributed by atoms with Crippen LogP contribution in [0.5, 0.6) is 0 Å². The molecule has 0 spiro atoms. The number of aliphatic hydroxyl groups is 1. The largest absolute Gasteiger partial charge is 0.481 e. The first kappa shape index (κ1) is 23.9. The molecular weight excluding hydrogens is 324 g/mol. The van der Waals surface area contributed by atoms with E-state index in [-0.39, 0.29) is 6.42 Å². The van der Waals surface area contributed by atoms with Crippen LogP contribution >= 0.6 is 0 Å². The molecule has 0 amide bonds. The van der Waals surface area contributed by atoms with Crippen LogP contribution in [-0.4, -0.2) is 22.3 Å². The number of allylic oxidation sites excluding steroid dienone is 10. The van der Waals surface area contributed by atoms with Crippen LogP contribution in [0.4, 0.5) is 0 Å². The van der Waals surface area contributed by atoms with Crippen molar-refractivity contribution in [2.24, 2.45) is 5.92 Å². The van der Waals surface area contributed by atoms with E-state index in [0.29, 0.717) is 18.8 Å². The lowest BCUT2D eigenvalue weighted by Crippen LogP contribution is -1.99. The fourth-order valence-electron chi connectivity index (χ4n) is 2.03. The van der Waals surface area contributed by atoms with Gasteiger partial charge in [-0.25, -0.2) is 0 Å². The molecule has 0 bridgehead atoms. The molecule has 0 aromatic rings. The van der Waals surface area contributed by atoms with Crippen LogP contribution < -0.4 is 0 Å². The third-order valence-corrected chi connectivity index (χ3v) is 3.52. The number of hydrogen-bond donors (Lipinski definition) is 2. The third kappa shape index (κ3) is 18.2. The summed E-state index contributed by atoms with van der Waals surface area (Å²) in [4.78, 5) is 10.3. The maximum atomic E-state index is 10.3. The summed E-state index contributed by atoms with van der Waals surface area (Å²) in [6.45, 7) is 4.35. The minimum Gasteiger partial charge on any atom is -0.481 e. The van der Waals surface area contributed by atoms with Crippen LogP contribution in [-0.2, 0) is 4.79 Å². The van der Waals surface area contributed by atoms with Crippen LogP contribution in [0.2, 0.25) is 0 Å². The zero-order valence-corrected chi connectivity index (χ0v) is 16.1. The molecule has 0 saturated carbocycles. The van der Waals surface area contributed by atoms with Crippen molar-refractivity contribution in [1.82, 2.24) is 0 Å². The van der Waals surface area contributed by atoms with Crippen molar-refractivity contribution in [3.63, 3.8) is 0 Å². The van der Waals surface area contributed by atoms with Gasteiger partial charge in [-0.15, -0.1) is 0 Å². The lowest BCUT2D eigenvalue weighted by molar-refractivity contribution is -0.136. The molecule has 2 N–H and O–H groups in total. The fourth-order valence-corrected chi connectivity index (χ4v) is 2.03. The van der Waals surface area contributed by atoms with E-state index in [1.54, 1.807) is 12.2 Å². The summed E-state index contributed by atoms with van der Waals surface area (Å²) in [6, 6.07) is 0. The van der Waals surface area contributed by atoms with Gasteiger partial charge in [-0.05, 0) is 38.0 Å². The van der Waals surface area contributed by atoms with Gasteiger partial charge in [0.2, 0.25) is 0 Å². The number of rotatable bonds is 14. The number of aliphatic carboxylic acids is 1. The first-order valence-corrected chi connectivity index (χ1v) is 9.42. The van der Waals surface area contributed by atoms with E-state index in [1.807, 2.05) is 24.3 Å². The molecule has 0 saturated heterocycles. The Labute approximate surface area is 158 Å². The summed E-state index contributed by atoms with van der Waals surface area (Å²) >= 11 is 0. The van der Waals surface area contributed by atoms with Gasteiger partial charge in [0, 0.05) is 6.42 Å². The van der Waals surface area contributed by atoms with Crippen molar-refractivity contribution in [2.45, 2.75) is 58.5 Å². The molecule has 144 valence electrons. The summed E-state index contributed by atoms with van der Waals surface area (Å²) in [5.74, 6) is -0.246. The van der Waals surface area contributed by atoms with E-state index in [0.717, 1.165) is 19.3 Å². The maximum absolute atomic E-state index is 10.3. The Kier molecular flexibility index (Phi) is 16.2. The van der Waals surface area contributed by atoms with Gasteiger partial charge < -0.3 is 10.2 Å². The molecule has 0 rings (SSSR count). The molecular formula is C23H34O3. The minimum absolute atomic E-state index is 0.128. The zero-order chi connectivity index (χ0) is 19.5. The highest BCUT2D eigenvalue weighted by atomic mass is 16.4. The van der Waals surface area contributed by atoms with Crippen LogP contribution in [0.3, 0.4) is 0 Å². The molecule has 26 heavy (non-hydrogen) atoms. The Bertz CT molecular complexity index is 522. The van der Waals surface area contributed by atoms with Crippen LogP contribution in [0.1, 0.15) is 52.4 Å². The van der Waals surface area contributed by atoms with Crippen molar-refractivity contribution in [3.05, 3.63) is 72.9 Å². The van der Waals surface area contributed by atoms with E-state index < -0.39 is 12.1 Å². The molecule has 0 heterocycles. The molecule has 0 fully saturated rings. The second kappa shape index (κ2) is 17.7. The first-order valence-electron chi connectivity index (χ1n) is 9.42.